The van der Waals surface area contributed by atoms with Gasteiger partial charge in [0.25, 0.3) is 0 Å². The number of urea groups is 1. The molecule has 0 radical (unpaired) electrons. The molecule has 2 aliphatic rings. The molecule has 142 valence electrons. The van der Waals surface area contributed by atoms with Crippen molar-refractivity contribution in [2.75, 3.05) is 23.3 Å². The summed E-state index contributed by atoms with van der Waals surface area (Å²) in [6.07, 6.45) is 7.37. The van der Waals surface area contributed by atoms with Crippen LogP contribution in [0.15, 0.2) is 49.1 Å². The van der Waals surface area contributed by atoms with Gasteiger partial charge in [0, 0.05) is 36.2 Å². The predicted octanol–water partition coefficient (Wildman–Crippen LogP) is 2.95. The first-order valence-corrected chi connectivity index (χ1v) is 9.48. The Hall–Kier alpha value is -3.13. The quantitative estimate of drug-likeness (QED) is 0.693. The first-order valence-electron chi connectivity index (χ1n) is 9.10. The summed E-state index contributed by atoms with van der Waals surface area (Å²) in [7, 11) is 0. The molecule has 9 heteroatoms. The summed E-state index contributed by atoms with van der Waals surface area (Å²) in [5.41, 5.74) is 1.66. The second-order valence-corrected chi connectivity index (χ2v) is 7.41. The highest BCUT2D eigenvalue weighted by Gasteiger charge is 2.47. The summed E-state index contributed by atoms with van der Waals surface area (Å²) in [5, 5.41) is 6.90. The smallest absolute Gasteiger partial charge is 0.323 e. The minimum atomic E-state index is -0.274. The zero-order valence-electron chi connectivity index (χ0n) is 15.0. The van der Waals surface area contributed by atoms with Crippen LogP contribution in [0.3, 0.4) is 0 Å². The number of carbonyl (C=O) groups excluding carboxylic acids is 1. The van der Waals surface area contributed by atoms with Crippen molar-refractivity contribution in [1.82, 2.24) is 24.8 Å². The number of halogens is 1. The first kappa shape index (κ1) is 17.0. The Morgan fingerprint density at radius 3 is 2.68 bits per heavy atom. The van der Waals surface area contributed by atoms with Crippen molar-refractivity contribution in [1.29, 1.82) is 0 Å². The van der Waals surface area contributed by atoms with Crippen LogP contribution in [-0.4, -0.2) is 38.6 Å². The number of amides is 2. The molecule has 3 heterocycles. The Labute approximate surface area is 166 Å². The highest BCUT2D eigenvalue weighted by molar-refractivity contribution is 6.30. The maximum atomic E-state index is 11.9. The average Bonchev–Trinajstić information content (AvgIpc) is 3.12. The number of anilines is 2. The van der Waals surface area contributed by atoms with Crippen LogP contribution in [0.1, 0.15) is 18.5 Å². The number of carbonyl (C=O) groups is 1. The third-order valence-electron chi connectivity index (χ3n) is 5.07. The van der Waals surface area contributed by atoms with Gasteiger partial charge in [-0.05, 0) is 43.2 Å². The van der Waals surface area contributed by atoms with Gasteiger partial charge >= 0.3 is 6.03 Å². The normalized spacial score (nSPS) is 17.5. The molecular formula is C19H18ClN7O. The van der Waals surface area contributed by atoms with E-state index in [1.165, 1.54) is 0 Å². The predicted molar refractivity (Wildman–Crippen MR) is 106 cm³/mol. The molecule has 1 aliphatic carbocycles. The molecule has 2 fully saturated rings. The number of imidazole rings is 1. The lowest BCUT2D eigenvalue weighted by atomic mass is 10.2. The molecule has 5 rings (SSSR count). The lowest BCUT2D eigenvalue weighted by Gasteiger charge is -2.17. The molecule has 1 saturated heterocycles. The molecule has 1 saturated carbocycles. The molecule has 28 heavy (non-hydrogen) atoms. The summed E-state index contributed by atoms with van der Waals surface area (Å²) >= 11 is 5.97. The van der Waals surface area contributed by atoms with Gasteiger partial charge in [0.15, 0.2) is 0 Å². The molecule has 2 N–H and O–H groups in total. The van der Waals surface area contributed by atoms with Crippen molar-refractivity contribution < 1.29 is 4.79 Å². The van der Waals surface area contributed by atoms with Crippen molar-refractivity contribution in [2.24, 2.45) is 0 Å². The first-order chi connectivity index (χ1) is 13.6. The fourth-order valence-electron chi connectivity index (χ4n) is 3.36. The van der Waals surface area contributed by atoms with Crippen LogP contribution < -0.4 is 15.5 Å². The van der Waals surface area contributed by atoms with Gasteiger partial charge in [0.2, 0.25) is 5.95 Å². The Morgan fingerprint density at radius 2 is 1.96 bits per heavy atom. The number of nitrogens with one attached hydrogen (secondary N) is 2. The molecule has 3 aromatic rings. The maximum absolute atomic E-state index is 11.9. The minimum Gasteiger partial charge on any atom is -0.343 e. The van der Waals surface area contributed by atoms with Crippen molar-refractivity contribution >= 4 is 29.4 Å². The van der Waals surface area contributed by atoms with E-state index >= 15 is 0 Å². The van der Waals surface area contributed by atoms with Crippen LogP contribution in [-0.2, 0) is 5.54 Å². The molecule has 8 nitrogen and oxygen atoms in total. The summed E-state index contributed by atoms with van der Waals surface area (Å²) < 4.78 is 1.97. The van der Waals surface area contributed by atoms with Crippen LogP contribution in [0.5, 0.6) is 0 Å². The SMILES string of the molecule is O=C1NCCN1c1ccnc(NC2(c3cn(-c4ccc(Cl)cc4)cn3)CC2)n1. The van der Waals surface area contributed by atoms with Gasteiger partial charge in [0.1, 0.15) is 5.82 Å². The van der Waals surface area contributed by atoms with E-state index in [4.69, 9.17) is 11.6 Å². The van der Waals surface area contributed by atoms with Gasteiger partial charge in [-0.3, -0.25) is 4.90 Å². The Morgan fingerprint density at radius 1 is 1.14 bits per heavy atom. The van der Waals surface area contributed by atoms with Crippen molar-refractivity contribution in [3.63, 3.8) is 0 Å². The molecule has 2 amide bonds. The maximum Gasteiger partial charge on any atom is 0.323 e. The summed E-state index contributed by atoms with van der Waals surface area (Å²) in [6.45, 7) is 1.23. The van der Waals surface area contributed by atoms with E-state index in [-0.39, 0.29) is 11.6 Å². The van der Waals surface area contributed by atoms with Gasteiger partial charge in [-0.15, -0.1) is 0 Å². The van der Waals surface area contributed by atoms with Gasteiger partial charge in [0.05, 0.1) is 17.6 Å². The Kier molecular flexibility index (Phi) is 3.94. The van der Waals surface area contributed by atoms with Crippen LogP contribution in [0.2, 0.25) is 5.02 Å². The van der Waals surface area contributed by atoms with E-state index in [1.807, 2.05) is 35.0 Å². The van der Waals surface area contributed by atoms with Gasteiger partial charge in [-0.1, -0.05) is 11.6 Å². The van der Waals surface area contributed by atoms with Gasteiger partial charge < -0.3 is 15.2 Å². The monoisotopic (exact) mass is 395 g/mol. The fourth-order valence-corrected chi connectivity index (χ4v) is 3.48. The summed E-state index contributed by atoms with van der Waals surface area (Å²) in [5.74, 6) is 1.09. The summed E-state index contributed by atoms with van der Waals surface area (Å²) in [6, 6.07) is 9.23. The molecular weight excluding hydrogens is 378 g/mol. The van der Waals surface area contributed by atoms with E-state index in [9.17, 15) is 4.79 Å². The molecule has 1 aromatic carbocycles. The second kappa shape index (κ2) is 6.49. The lowest BCUT2D eigenvalue weighted by molar-refractivity contribution is 0.252. The number of benzene rings is 1. The highest BCUT2D eigenvalue weighted by Crippen LogP contribution is 2.47. The zero-order valence-corrected chi connectivity index (χ0v) is 15.7. The zero-order chi connectivity index (χ0) is 19.1. The van der Waals surface area contributed by atoms with E-state index in [0.29, 0.717) is 29.9 Å². The fraction of sp³-hybridized carbons (Fsp3) is 0.263. The Bertz CT molecular complexity index is 1030. The molecule has 0 spiro atoms. The molecule has 0 bridgehead atoms. The lowest BCUT2D eigenvalue weighted by Crippen LogP contribution is -2.29. The van der Waals surface area contributed by atoms with E-state index < -0.39 is 0 Å². The third kappa shape index (κ3) is 3.05. The van der Waals surface area contributed by atoms with Gasteiger partial charge in [-0.2, -0.15) is 4.98 Å². The molecule has 2 aromatic heterocycles. The van der Waals surface area contributed by atoms with Crippen molar-refractivity contribution in [2.45, 2.75) is 18.4 Å². The number of hydrogen-bond donors (Lipinski definition) is 2. The molecule has 0 unspecified atom stereocenters. The van der Waals surface area contributed by atoms with E-state index in [2.05, 4.69) is 25.6 Å². The summed E-state index contributed by atoms with van der Waals surface area (Å²) in [4.78, 5) is 26.9. The number of aromatic nitrogens is 4. The highest BCUT2D eigenvalue weighted by atomic mass is 35.5. The number of nitrogens with zero attached hydrogens (tertiary/aromatic N) is 5. The van der Waals surface area contributed by atoms with Crippen molar-refractivity contribution in [3.8, 4) is 5.69 Å². The Balaban J connectivity index is 1.37. The average molecular weight is 396 g/mol. The molecule has 0 atom stereocenters. The standard InChI is InChI=1S/C19H18ClN7O/c20-13-1-3-14(4-2-13)26-11-15(23-12-26)19(6-7-19)25-17-21-8-5-16(24-17)27-10-9-22-18(27)28/h1-5,8,11-12H,6-7,9-10H2,(H,22,28)(H,21,24,25). The van der Waals surface area contributed by atoms with E-state index in [0.717, 1.165) is 24.2 Å². The van der Waals surface area contributed by atoms with Crippen LogP contribution >= 0.6 is 11.6 Å². The second-order valence-electron chi connectivity index (χ2n) is 6.97. The number of hydrogen-bond acceptors (Lipinski definition) is 5. The number of rotatable bonds is 5. The van der Waals surface area contributed by atoms with E-state index in [1.54, 1.807) is 23.5 Å². The van der Waals surface area contributed by atoms with Gasteiger partial charge in [-0.25, -0.2) is 14.8 Å². The van der Waals surface area contributed by atoms with Crippen LogP contribution in [0.4, 0.5) is 16.6 Å². The van der Waals surface area contributed by atoms with Crippen LogP contribution in [0.25, 0.3) is 5.69 Å². The minimum absolute atomic E-state index is 0.132. The third-order valence-corrected chi connectivity index (χ3v) is 5.32. The largest absolute Gasteiger partial charge is 0.343 e. The van der Waals surface area contributed by atoms with Crippen molar-refractivity contribution in [3.05, 3.63) is 59.8 Å². The molecule has 1 aliphatic heterocycles. The topological polar surface area (TPSA) is 88.0 Å². The van der Waals surface area contributed by atoms with Crippen LogP contribution in [0, 0.1) is 0 Å².